The van der Waals surface area contributed by atoms with Crippen molar-refractivity contribution in [3.05, 3.63) is 35.9 Å². The molecule has 0 aliphatic carbocycles. The first-order valence-corrected chi connectivity index (χ1v) is 11.0. The van der Waals surface area contributed by atoms with E-state index in [0.29, 0.717) is 26.1 Å². The Balaban J connectivity index is 1.48. The molecule has 1 atom stereocenters. The Morgan fingerprint density at radius 1 is 1.12 bits per heavy atom. The number of hydrogen-bond donors (Lipinski definition) is 0. The predicted octanol–water partition coefficient (Wildman–Crippen LogP) is 1.23. The quantitative estimate of drug-likeness (QED) is 0.721. The molecule has 6 nitrogen and oxygen atoms in total. The summed E-state index contributed by atoms with van der Waals surface area (Å²) in [7, 11) is -1.30. The van der Waals surface area contributed by atoms with Gasteiger partial charge in [-0.2, -0.15) is 0 Å². The lowest BCUT2D eigenvalue weighted by Crippen LogP contribution is -2.46. The van der Waals surface area contributed by atoms with Gasteiger partial charge in [0.05, 0.1) is 18.1 Å². The summed E-state index contributed by atoms with van der Waals surface area (Å²) in [4.78, 5) is 28.6. The third kappa shape index (κ3) is 4.51. The van der Waals surface area contributed by atoms with Crippen molar-refractivity contribution < 1.29 is 18.0 Å². The molecule has 0 radical (unpaired) electrons. The van der Waals surface area contributed by atoms with Crippen LogP contribution >= 0.6 is 0 Å². The molecule has 0 aromatic heterocycles. The lowest BCUT2D eigenvalue weighted by atomic mass is 9.89. The molecule has 2 fully saturated rings. The highest BCUT2D eigenvalue weighted by atomic mass is 32.2. The average Bonchev–Trinajstić information content (AvgIpc) is 3.01. The monoisotopic (exact) mass is 378 g/mol. The molecule has 7 heteroatoms. The van der Waals surface area contributed by atoms with Crippen LogP contribution in [0.1, 0.15) is 29.6 Å². The Hall–Kier alpha value is -1.73. The van der Waals surface area contributed by atoms with E-state index in [2.05, 4.69) is 4.90 Å². The predicted molar refractivity (Wildman–Crippen MR) is 99.8 cm³/mol. The summed E-state index contributed by atoms with van der Waals surface area (Å²) in [6, 6.07) is 9.15. The Morgan fingerprint density at radius 2 is 1.77 bits per heavy atom. The second kappa shape index (κ2) is 7.88. The van der Waals surface area contributed by atoms with Crippen molar-refractivity contribution >= 4 is 21.5 Å². The molecule has 2 aliphatic rings. The van der Waals surface area contributed by atoms with Gasteiger partial charge in [0, 0.05) is 24.6 Å². The fraction of sp³-hybridized carbons (Fsp3) is 0.579. The van der Waals surface area contributed by atoms with Crippen LogP contribution in [0, 0.1) is 5.92 Å². The molecule has 1 unspecified atom stereocenters. The fourth-order valence-electron chi connectivity index (χ4n) is 3.78. The van der Waals surface area contributed by atoms with Gasteiger partial charge in [-0.25, -0.2) is 8.42 Å². The van der Waals surface area contributed by atoms with E-state index in [0.717, 1.165) is 18.4 Å². The molecule has 1 amide bonds. The van der Waals surface area contributed by atoms with E-state index in [4.69, 9.17) is 0 Å². The highest BCUT2D eigenvalue weighted by Gasteiger charge is 2.33. The number of benzene rings is 1. The third-order valence-electron chi connectivity index (χ3n) is 5.53. The van der Waals surface area contributed by atoms with Gasteiger partial charge in [-0.15, -0.1) is 0 Å². The number of carbonyl (C=O) groups excluding carboxylic acids is 2. The molecule has 26 heavy (non-hydrogen) atoms. The van der Waals surface area contributed by atoms with Crippen molar-refractivity contribution in [3.63, 3.8) is 0 Å². The van der Waals surface area contributed by atoms with Gasteiger partial charge in [0.15, 0.2) is 15.6 Å². The molecule has 0 spiro atoms. The van der Waals surface area contributed by atoms with Gasteiger partial charge in [0.1, 0.15) is 0 Å². The number of nitrogens with zero attached hydrogens (tertiary/aromatic N) is 2. The highest BCUT2D eigenvalue weighted by Crippen LogP contribution is 2.22. The highest BCUT2D eigenvalue weighted by molar-refractivity contribution is 7.91. The number of piperidine rings is 1. The summed E-state index contributed by atoms with van der Waals surface area (Å²) in [6.07, 6.45) is 2.03. The van der Waals surface area contributed by atoms with Crippen LogP contribution in [-0.2, 0) is 14.6 Å². The van der Waals surface area contributed by atoms with Crippen molar-refractivity contribution in [2.24, 2.45) is 5.92 Å². The van der Waals surface area contributed by atoms with Gasteiger partial charge in [-0.3, -0.25) is 14.5 Å². The maximum atomic E-state index is 12.5. The minimum atomic E-state index is -3.00. The first-order chi connectivity index (χ1) is 12.4. The average molecular weight is 378 g/mol. The van der Waals surface area contributed by atoms with Gasteiger partial charge in [0.2, 0.25) is 5.91 Å². The number of likely N-dealkylation sites (tertiary alicyclic amines) is 1. The molecule has 0 bridgehead atoms. The van der Waals surface area contributed by atoms with Gasteiger partial charge in [-0.05, 0) is 32.4 Å². The maximum absolute atomic E-state index is 12.5. The SMILES string of the molecule is CN(C(=O)CN1CCC(C(=O)c2ccccc2)CC1)C1CCS(=O)(=O)C1. The number of ketones is 1. The second-order valence-corrected chi connectivity index (χ2v) is 9.57. The fourth-order valence-corrected chi connectivity index (χ4v) is 5.55. The molecule has 2 saturated heterocycles. The van der Waals surface area contributed by atoms with Crippen LogP contribution in [0.5, 0.6) is 0 Å². The van der Waals surface area contributed by atoms with E-state index in [1.807, 2.05) is 30.3 Å². The first kappa shape index (κ1) is 19.0. The van der Waals surface area contributed by atoms with Crippen LogP contribution < -0.4 is 0 Å². The largest absolute Gasteiger partial charge is 0.341 e. The standard InChI is InChI=1S/C19H26N2O4S/c1-20(17-9-12-26(24,25)14-17)18(22)13-21-10-7-16(8-11-21)19(23)15-5-3-2-4-6-15/h2-6,16-17H,7-14H2,1H3. The summed E-state index contributed by atoms with van der Waals surface area (Å²) in [6.45, 7) is 1.72. The van der Waals surface area contributed by atoms with Crippen molar-refractivity contribution in [3.8, 4) is 0 Å². The summed E-state index contributed by atoms with van der Waals surface area (Å²) < 4.78 is 23.2. The van der Waals surface area contributed by atoms with E-state index < -0.39 is 9.84 Å². The van der Waals surface area contributed by atoms with Crippen LogP contribution in [0.4, 0.5) is 0 Å². The molecular formula is C19H26N2O4S. The Bertz CT molecular complexity index is 755. The molecule has 2 aliphatic heterocycles. The summed E-state index contributed by atoms with van der Waals surface area (Å²) in [5.74, 6) is 0.400. The van der Waals surface area contributed by atoms with Crippen molar-refractivity contribution in [1.82, 2.24) is 9.80 Å². The zero-order chi connectivity index (χ0) is 18.7. The number of rotatable bonds is 5. The topological polar surface area (TPSA) is 74.8 Å². The number of Topliss-reactive ketones (excluding diaryl/α,β-unsaturated/α-hetero) is 1. The van der Waals surface area contributed by atoms with Crippen LogP contribution in [0.3, 0.4) is 0 Å². The van der Waals surface area contributed by atoms with Gasteiger partial charge >= 0.3 is 0 Å². The van der Waals surface area contributed by atoms with E-state index >= 15 is 0 Å². The Labute approximate surface area is 155 Å². The number of amides is 1. The Kier molecular flexibility index (Phi) is 5.77. The number of hydrogen-bond acceptors (Lipinski definition) is 5. The van der Waals surface area contributed by atoms with E-state index in [1.165, 1.54) is 0 Å². The molecule has 3 rings (SSSR count). The van der Waals surface area contributed by atoms with Crippen LogP contribution in [0.25, 0.3) is 0 Å². The van der Waals surface area contributed by atoms with Crippen molar-refractivity contribution in [2.45, 2.75) is 25.3 Å². The molecule has 1 aromatic carbocycles. The minimum Gasteiger partial charge on any atom is -0.341 e. The van der Waals surface area contributed by atoms with Crippen LogP contribution in [-0.4, -0.2) is 74.1 Å². The lowest BCUT2D eigenvalue weighted by molar-refractivity contribution is -0.133. The summed E-state index contributed by atoms with van der Waals surface area (Å²) in [5.41, 5.74) is 0.754. The molecule has 142 valence electrons. The number of carbonyl (C=O) groups is 2. The zero-order valence-electron chi connectivity index (χ0n) is 15.1. The van der Waals surface area contributed by atoms with Crippen molar-refractivity contribution in [1.29, 1.82) is 0 Å². The third-order valence-corrected chi connectivity index (χ3v) is 7.28. The van der Waals surface area contributed by atoms with Gasteiger partial charge < -0.3 is 4.90 Å². The van der Waals surface area contributed by atoms with E-state index in [1.54, 1.807) is 11.9 Å². The zero-order valence-corrected chi connectivity index (χ0v) is 16.0. The molecule has 2 heterocycles. The molecule has 0 N–H and O–H groups in total. The smallest absolute Gasteiger partial charge is 0.236 e. The van der Waals surface area contributed by atoms with Crippen LogP contribution in [0.2, 0.25) is 0 Å². The molecule has 1 aromatic rings. The molecular weight excluding hydrogens is 352 g/mol. The maximum Gasteiger partial charge on any atom is 0.236 e. The van der Waals surface area contributed by atoms with Crippen molar-refractivity contribution in [2.75, 3.05) is 38.2 Å². The van der Waals surface area contributed by atoms with E-state index in [-0.39, 0.29) is 35.2 Å². The first-order valence-electron chi connectivity index (χ1n) is 9.13. The molecule has 0 saturated carbocycles. The number of likely N-dealkylation sites (N-methyl/N-ethyl adjacent to an activating group) is 1. The van der Waals surface area contributed by atoms with E-state index in [9.17, 15) is 18.0 Å². The second-order valence-electron chi connectivity index (χ2n) is 7.34. The summed E-state index contributed by atoms with van der Waals surface area (Å²) in [5, 5.41) is 0. The summed E-state index contributed by atoms with van der Waals surface area (Å²) >= 11 is 0. The number of sulfone groups is 1. The minimum absolute atomic E-state index is 0.0152. The van der Waals surface area contributed by atoms with Crippen LogP contribution in [0.15, 0.2) is 30.3 Å². The normalized spacial score (nSPS) is 23.7. The van der Waals surface area contributed by atoms with Gasteiger partial charge in [0.25, 0.3) is 0 Å². The Morgan fingerprint density at radius 3 is 2.35 bits per heavy atom. The van der Waals surface area contributed by atoms with Gasteiger partial charge in [-0.1, -0.05) is 30.3 Å². The lowest BCUT2D eigenvalue weighted by Gasteiger charge is -2.33.